The normalized spacial score (nSPS) is 13.1. The molecule has 0 bridgehead atoms. The van der Waals surface area contributed by atoms with Crippen LogP contribution in [0.15, 0.2) is 0 Å². The molecule has 0 radical (unpaired) electrons. The largest absolute Gasteiger partial charge is 0.389 e. The zero-order valence-corrected chi connectivity index (χ0v) is 10.9. The van der Waals surface area contributed by atoms with Gasteiger partial charge in [0.05, 0.1) is 0 Å². The zero-order valence-electron chi connectivity index (χ0n) is 10.9. The van der Waals surface area contributed by atoms with Crippen LogP contribution in [0.2, 0.25) is 0 Å². The van der Waals surface area contributed by atoms with Crippen LogP contribution in [0.25, 0.3) is 0 Å². The van der Waals surface area contributed by atoms with Gasteiger partial charge in [0.15, 0.2) is 0 Å². The molecule has 0 aliphatic carbocycles. The number of rotatable bonds is 9. The molecule has 0 fully saturated rings. The summed E-state index contributed by atoms with van der Waals surface area (Å²) in [5.74, 6) is 0. The van der Waals surface area contributed by atoms with E-state index in [9.17, 15) is 13.2 Å². The van der Waals surface area contributed by atoms with Gasteiger partial charge in [0.25, 0.3) is 0 Å². The number of nitrogens with one attached hydrogen (secondary N) is 1. The van der Waals surface area contributed by atoms with Crippen LogP contribution in [0.5, 0.6) is 0 Å². The minimum Gasteiger partial charge on any atom is -0.330 e. The molecule has 0 atom stereocenters. The fraction of sp³-hybridized carbons (Fsp3) is 1.00. The monoisotopic (exact) mass is 254 g/mol. The molecule has 0 rings (SSSR count). The van der Waals surface area contributed by atoms with Crippen molar-refractivity contribution in [2.45, 2.75) is 52.1 Å². The molecule has 0 amide bonds. The van der Waals surface area contributed by atoms with Crippen LogP contribution in [-0.4, -0.2) is 25.8 Å². The van der Waals surface area contributed by atoms with Crippen molar-refractivity contribution in [1.29, 1.82) is 0 Å². The molecule has 0 aliphatic rings. The molecule has 0 aromatic heterocycles. The van der Waals surface area contributed by atoms with Crippen LogP contribution in [0.1, 0.15) is 46.0 Å². The summed E-state index contributed by atoms with van der Waals surface area (Å²) in [7, 11) is 0. The van der Waals surface area contributed by atoms with E-state index in [1.54, 1.807) is 0 Å². The van der Waals surface area contributed by atoms with Crippen molar-refractivity contribution in [3.8, 4) is 0 Å². The minimum atomic E-state index is -4.02. The molecule has 2 nitrogen and oxygen atoms in total. The van der Waals surface area contributed by atoms with Crippen molar-refractivity contribution in [1.82, 2.24) is 5.32 Å². The lowest BCUT2D eigenvalue weighted by atomic mass is 9.82. The van der Waals surface area contributed by atoms with Gasteiger partial charge in [-0.3, -0.25) is 0 Å². The first kappa shape index (κ1) is 16.7. The van der Waals surface area contributed by atoms with E-state index < -0.39 is 12.6 Å². The van der Waals surface area contributed by atoms with Crippen LogP contribution >= 0.6 is 0 Å². The minimum absolute atomic E-state index is 0.101. The van der Waals surface area contributed by atoms with E-state index in [2.05, 4.69) is 19.2 Å². The molecule has 0 spiro atoms. The molecule has 0 aromatic rings. The van der Waals surface area contributed by atoms with E-state index in [1.165, 1.54) is 0 Å². The fourth-order valence-electron chi connectivity index (χ4n) is 1.79. The highest BCUT2D eigenvalue weighted by atomic mass is 19.4. The first-order valence-electron chi connectivity index (χ1n) is 6.36. The van der Waals surface area contributed by atoms with Crippen molar-refractivity contribution in [3.05, 3.63) is 0 Å². The van der Waals surface area contributed by atoms with Gasteiger partial charge in [0.2, 0.25) is 0 Å². The van der Waals surface area contributed by atoms with Gasteiger partial charge in [-0.2, -0.15) is 13.2 Å². The number of unbranched alkanes of at least 4 members (excludes halogenated alkanes) is 1. The quantitative estimate of drug-likeness (QED) is 0.621. The van der Waals surface area contributed by atoms with E-state index in [-0.39, 0.29) is 11.8 Å². The third-order valence-electron chi connectivity index (χ3n) is 3.50. The van der Waals surface area contributed by atoms with Gasteiger partial charge in [0.1, 0.15) is 0 Å². The standard InChI is InChI=1S/C12H25F3N2/c1-3-11(4-2,9-16)10-17-8-6-5-7-12(13,14)15/h17H,3-10,16H2,1-2H3. The maximum Gasteiger partial charge on any atom is 0.389 e. The lowest BCUT2D eigenvalue weighted by Crippen LogP contribution is -2.39. The number of hydrogen-bond donors (Lipinski definition) is 2. The molecule has 3 N–H and O–H groups in total. The van der Waals surface area contributed by atoms with Gasteiger partial charge in [-0.1, -0.05) is 13.8 Å². The van der Waals surface area contributed by atoms with Crippen molar-refractivity contribution < 1.29 is 13.2 Å². The Bertz CT molecular complexity index is 180. The average molecular weight is 254 g/mol. The molecule has 0 heterocycles. The van der Waals surface area contributed by atoms with Gasteiger partial charge in [-0.15, -0.1) is 0 Å². The molecule has 104 valence electrons. The predicted octanol–water partition coefficient (Wildman–Crippen LogP) is 3.07. The lowest BCUT2D eigenvalue weighted by Gasteiger charge is -2.30. The first-order chi connectivity index (χ1) is 7.89. The summed E-state index contributed by atoms with van der Waals surface area (Å²) in [5.41, 5.74) is 5.84. The van der Waals surface area contributed by atoms with Crippen molar-refractivity contribution in [2.75, 3.05) is 19.6 Å². The number of hydrogen-bond acceptors (Lipinski definition) is 2. The molecule has 5 heteroatoms. The topological polar surface area (TPSA) is 38.0 Å². The zero-order chi connectivity index (χ0) is 13.4. The first-order valence-corrected chi connectivity index (χ1v) is 6.36. The van der Waals surface area contributed by atoms with Gasteiger partial charge in [-0.05, 0) is 44.2 Å². The van der Waals surface area contributed by atoms with E-state index in [0.29, 0.717) is 19.5 Å². The summed E-state index contributed by atoms with van der Waals surface area (Å²) >= 11 is 0. The van der Waals surface area contributed by atoms with Gasteiger partial charge < -0.3 is 11.1 Å². The Kier molecular flexibility index (Phi) is 7.79. The molecule has 0 aromatic carbocycles. The summed E-state index contributed by atoms with van der Waals surface area (Å²) in [6, 6.07) is 0. The molecule has 0 unspecified atom stereocenters. The maximum absolute atomic E-state index is 11.9. The summed E-state index contributed by atoms with van der Waals surface area (Å²) in [6.07, 6.45) is -1.95. The fourth-order valence-corrected chi connectivity index (χ4v) is 1.79. The van der Waals surface area contributed by atoms with E-state index in [4.69, 9.17) is 5.73 Å². The van der Waals surface area contributed by atoms with E-state index in [1.807, 2.05) is 0 Å². The molecule has 0 saturated heterocycles. The smallest absolute Gasteiger partial charge is 0.330 e. The lowest BCUT2D eigenvalue weighted by molar-refractivity contribution is -0.135. The maximum atomic E-state index is 11.9. The Balaban J connectivity index is 3.63. The van der Waals surface area contributed by atoms with Crippen LogP contribution in [-0.2, 0) is 0 Å². The van der Waals surface area contributed by atoms with Crippen LogP contribution in [0, 0.1) is 5.41 Å². The molecular formula is C12H25F3N2. The Morgan fingerprint density at radius 1 is 1.06 bits per heavy atom. The molecular weight excluding hydrogens is 229 g/mol. The second kappa shape index (κ2) is 7.93. The predicted molar refractivity (Wildman–Crippen MR) is 64.8 cm³/mol. The number of halogens is 3. The van der Waals surface area contributed by atoms with Gasteiger partial charge >= 0.3 is 6.18 Å². The Labute approximate surface area is 102 Å². The van der Waals surface area contributed by atoms with E-state index >= 15 is 0 Å². The highest BCUT2D eigenvalue weighted by Gasteiger charge is 2.26. The third kappa shape index (κ3) is 7.60. The average Bonchev–Trinajstić information content (AvgIpc) is 2.28. The second-order valence-electron chi connectivity index (χ2n) is 4.66. The second-order valence-corrected chi connectivity index (χ2v) is 4.66. The highest BCUT2D eigenvalue weighted by Crippen LogP contribution is 2.24. The van der Waals surface area contributed by atoms with Crippen molar-refractivity contribution >= 4 is 0 Å². The third-order valence-corrected chi connectivity index (χ3v) is 3.50. The number of nitrogens with two attached hydrogens (primary N) is 1. The van der Waals surface area contributed by atoms with Gasteiger partial charge in [0, 0.05) is 13.0 Å². The summed E-state index contributed by atoms with van der Waals surface area (Å²) in [6.45, 7) is 6.25. The van der Waals surface area contributed by atoms with Crippen LogP contribution in [0.3, 0.4) is 0 Å². The van der Waals surface area contributed by atoms with E-state index in [0.717, 1.165) is 19.4 Å². The summed E-state index contributed by atoms with van der Waals surface area (Å²) < 4.78 is 35.6. The Hall–Kier alpha value is -0.290. The highest BCUT2D eigenvalue weighted by molar-refractivity contribution is 4.79. The molecule has 0 aliphatic heterocycles. The van der Waals surface area contributed by atoms with Crippen molar-refractivity contribution in [2.24, 2.45) is 11.1 Å². The van der Waals surface area contributed by atoms with Gasteiger partial charge in [-0.25, -0.2) is 0 Å². The number of alkyl halides is 3. The van der Waals surface area contributed by atoms with Crippen LogP contribution in [0.4, 0.5) is 13.2 Å². The Morgan fingerprint density at radius 2 is 1.65 bits per heavy atom. The summed E-state index contributed by atoms with van der Waals surface area (Å²) in [4.78, 5) is 0. The molecule has 0 saturated carbocycles. The Morgan fingerprint density at radius 3 is 2.06 bits per heavy atom. The van der Waals surface area contributed by atoms with Crippen molar-refractivity contribution in [3.63, 3.8) is 0 Å². The SMILES string of the molecule is CCC(CC)(CN)CNCCCCC(F)(F)F. The van der Waals surface area contributed by atoms with Crippen LogP contribution < -0.4 is 11.1 Å². The molecule has 17 heavy (non-hydrogen) atoms. The summed E-state index contributed by atoms with van der Waals surface area (Å²) in [5, 5.41) is 3.22.